The summed E-state index contributed by atoms with van der Waals surface area (Å²) >= 11 is 0. The number of likely N-dealkylation sites (tertiary alicyclic amines) is 1. The van der Waals surface area contributed by atoms with Crippen molar-refractivity contribution >= 4 is 34.3 Å². The van der Waals surface area contributed by atoms with Crippen LogP contribution in [0, 0.1) is 0 Å². The molecule has 7 heteroatoms. The lowest BCUT2D eigenvalue weighted by Crippen LogP contribution is -2.18. The van der Waals surface area contributed by atoms with E-state index in [1.807, 2.05) is 11.6 Å². The van der Waals surface area contributed by atoms with Crippen LogP contribution >= 0.6 is 0 Å². The minimum atomic E-state index is 0.152. The average molecular weight is 296 g/mol. The van der Waals surface area contributed by atoms with Crippen LogP contribution in [0.5, 0.6) is 0 Å². The van der Waals surface area contributed by atoms with Gasteiger partial charge in [-0.15, -0.1) is 0 Å². The predicted octanol–water partition coefficient (Wildman–Crippen LogP) is 1.79. The Labute approximate surface area is 127 Å². The molecule has 1 saturated heterocycles. The number of aromatic nitrogens is 4. The summed E-state index contributed by atoms with van der Waals surface area (Å²) in [5.74, 6) is 1.78. The van der Waals surface area contributed by atoms with Crippen LogP contribution in [-0.2, 0) is 4.79 Å². The number of imidazole rings is 1. The van der Waals surface area contributed by atoms with E-state index in [-0.39, 0.29) is 5.78 Å². The number of allylic oxidation sites excluding steroid dienone is 2. The third-order valence-corrected chi connectivity index (χ3v) is 4.15. The number of carbonyl (C=O) groups excluding carboxylic acids is 1. The molecule has 2 aliphatic rings. The molecule has 0 N–H and O–H groups in total. The molecule has 1 aliphatic carbocycles. The summed E-state index contributed by atoms with van der Waals surface area (Å²) < 4.78 is 1.87. The monoisotopic (exact) mass is 296 g/mol. The standard InChI is InChI=1S/C15H16N6O/c1-20-6-2-3-12(20)19-14-13-15(17-8-16-14)21(9-18-13)10-4-5-11(22)7-10/h7-9H,2-6H2,1H3. The molecule has 1 fully saturated rings. The van der Waals surface area contributed by atoms with Crippen LogP contribution in [0.4, 0.5) is 5.82 Å². The molecule has 22 heavy (non-hydrogen) atoms. The summed E-state index contributed by atoms with van der Waals surface area (Å²) in [5, 5.41) is 0. The Morgan fingerprint density at radius 3 is 2.82 bits per heavy atom. The zero-order valence-corrected chi connectivity index (χ0v) is 12.4. The highest BCUT2D eigenvalue weighted by molar-refractivity contribution is 6.00. The maximum absolute atomic E-state index is 11.4. The Balaban J connectivity index is 1.80. The summed E-state index contributed by atoms with van der Waals surface area (Å²) in [7, 11) is 2.04. The van der Waals surface area contributed by atoms with Crippen LogP contribution in [0.25, 0.3) is 16.9 Å². The van der Waals surface area contributed by atoms with Crippen molar-refractivity contribution in [3.8, 4) is 0 Å². The molecule has 0 bridgehead atoms. The molecule has 0 radical (unpaired) electrons. The molecule has 0 aromatic carbocycles. The number of hydrogen-bond donors (Lipinski definition) is 0. The van der Waals surface area contributed by atoms with Crippen molar-refractivity contribution in [2.75, 3.05) is 13.6 Å². The Bertz CT molecular complexity index is 819. The number of nitrogens with zero attached hydrogens (tertiary/aromatic N) is 6. The van der Waals surface area contributed by atoms with Crippen molar-refractivity contribution in [1.29, 1.82) is 0 Å². The van der Waals surface area contributed by atoms with Gasteiger partial charge in [-0.05, 0) is 12.8 Å². The number of fused-ring (bicyclic) bond motifs is 1. The Morgan fingerprint density at radius 1 is 1.18 bits per heavy atom. The highest BCUT2D eigenvalue weighted by Crippen LogP contribution is 2.27. The molecule has 2 aromatic heterocycles. The molecule has 7 nitrogen and oxygen atoms in total. The van der Waals surface area contributed by atoms with Crippen molar-refractivity contribution in [2.24, 2.45) is 4.99 Å². The Kier molecular flexibility index (Phi) is 2.99. The van der Waals surface area contributed by atoms with Crippen LogP contribution in [0.1, 0.15) is 25.7 Å². The van der Waals surface area contributed by atoms with Gasteiger partial charge in [0.15, 0.2) is 22.8 Å². The Hall–Kier alpha value is -2.57. The van der Waals surface area contributed by atoms with Gasteiger partial charge in [0.2, 0.25) is 0 Å². The quantitative estimate of drug-likeness (QED) is 0.844. The number of hydrogen-bond acceptors (Lipinski definition) is 5. The first-order valence-corrected chi connectivity index (χ1v) is 7.43. The number of ketones is 1. The van der Waals surface area contributed by atoms with Gasteiger partial charge in [-0.2, -0.15) is 0 Å². The summed E-state index contributed by atoms with van der Waals surface area (Å²) in [5.41, 5.74) is 2.31. The SMILES string of the molecule is CN1CCCC1=Nc1ncnc2c1ncn2C1=CC(=O)CC1. The van der Waals surface area contributed by atoms with E-state index >= 15 is 0 Å². The average Bonchev–Trinajstić information content (AvgIpc) is 3.20. The van der Waals surface area contributed by atoms with Gasteiger partial charge >= 0.3 is 0 Å². The van der Waals surface area contributed by atoms with Gasteiger partial charge in [0.25, 0.3) is 0 Å². The third kappa shape index (κ3) is 2.09. The maximum Gasteiger partial charge on any atom is 0.185 e. The normalized spacial score (nSPS) is 20.4. The first-order valence-electron chi connectivity index (χ1n) is 7.43. The van der Waals surface area contributed by atoms with E-state index in [9.17, 15) is 4.79 Å². The zero-order valence-electron chi connectivity index (χ0n) is 12.4. The minimum absolute atomic E-state index is 0.152. The van der Waals surface area contributed by atoms with Gasteiger partial charge in [0, 0.05) is 38.2 Å². The van der Waals surface area contributed by atoms with Crippen molar-refractivity contribution in [3.63, 3.8) is 0 Å². The lowest BCUT2D eigenvalue weighted by Gasteiger charge is -2.10. The number of rotatable bonds is 2. The molecule has 0 spiro atoms. The predicted molar refractivity (Wildman–Crippen MR) is 82.8 cm³/mol. The molecule has 2 aromatic rings. The zero-order chi connectivity index (χ0) is 15.1. The van der Waals surface area contributed by atoms with Gasteiger partial charge in [0.1, 0.15) is 18.5 Å². The molecule has 4 rings (SSSR count). The van der Waals surface area contributed by atoms with Gasteiger partial charge in [-0.3, -0.25) is 9.36 Å². The van der Waals surface area contributed by atoms with Crippen LogP contribution in [0.2, 0.25) is 0 Å². The van der Waals surface area contributed by atoms with E-state index in [2.05, 4.69) is 24.8 Å². The van der Waals surface area contributed by atoms with E-state index in [1.54, 1.807) is 12.4 Å². The molecule has 3 heterocycles. The summed E-state index contributed by atoms with van der Waals surface area (Å²) in [6, 6.07) is 0. The lowest BCUT2D eigenvalue weighted by molar-refractivity contribution is -0.114. The second-order valence-electron chi connectivity index (χ2n) is 5.64. The van der Waals surface area contributed by atoms with Gasteiger partial charge in [0.05, 0.1) is 0 Å². The van der Waals surface area contributed by atoms with E-state index in [4.69, 9.17) is 0 Å². The number of aliphatic imine (C=N–C) groups is 1. The summed E-state index contributed by atoms with van der Waals surface area (Å²) in [4.78, 5) is 31.2. The second-order valence-corrected chi connectivity index (χ2v) is 5.64. The number of amidine groups is 1. The summed E-state index contributed by atoms with van der Waals surface area (Å²) in [6.07, 6.45) is 8.23. The van der Waals surface area contributed by atoms with Crippen molar-refractivity contribution in [3.05, 3.63) is 18.7 Å². The van der Waals surface area contributed by atoms with Crippen LogP contribution in [-0.4, -0.2) is 49.6 Å². The molecule has 0 atom stereocenters. The van der Waals surface area contributed by atoms with Crippen LogP contribution < -0.4 is 0 Å². The third-order valence-electron chi connectivity index (χ3n) is 4.15. The fourth-order valence-corrected chi connectivity index (χ4v) is 2.94. The highest BCUT2D eigenvalue weighted by atomic mass is 16.1. The largest absolute Gasteiger partial charge is 0.363 e. The topological polar surface area (TPSA) is 76.3 Å². The van der Waals surface area contributed by atoms with E-state index in [0.717, 1.165) is 37.3 Å². The summed E-state index contributed by atoms with van der Waals surface area (Å²) in [6.45, 7) is 1.02. The maximum atomic E-state index is 11.4. The molecule has 0 amide bonds. The van der Waals surface area contributed by atoms with E-state index < -0.39 is 0 Å². The van der Waals surface area contributed by atoms with Crippen LogP contribution in [0.15, 0.2) is 23.7 Å². The van der Waals surface area contributed by atoms with Crippen LogP contribution in [0.3, 0.4) is 0 Å². The first kappa shape index (κ1) is 13.1. The smallest absolute Gasteiger partial charge is 0.185 e. The molecule has 0 saturated carbocycles. The molecule has 0 unspecified atom stereocenters. The minimum Gasteiger partial charge on any atom is -0.363 e. The second kappa shape index (κ2) is 5.01. The molecular formula is C15H16N6O. The fourth-order valence-electron chi connectivity index (χ4n) is 2.94. The van der Waals surface area contributed by atoms with Crippen molar-refractivity contribution in [2.45, 2.75) is 25.7 Å². The molecular weight excluding hydrogens is 280 g/mol. The van der Waals surface area contributed by atoms with Crippen molar-refractivity contribution < 1.29 is 4.79 Å². The van der Waals surface area contributed by atoms with E-state index in [0.29, 0.717) is 23.4 Å². The highest BCUT2D eigenvalue weighted by Gasteiger charge is 2.19. The number of carbonyl (C=O) groups is 1. The van der Waals surface area contributed by atoms with Crippen molar-refractivity contribution in [1.82, 2.24) is 24.4 Å². The Morgan fingerprint density at radius 2 is 2.09 bits per heavy atom. The van der Waals surface area contributed by atoms with Gasteiger partial charge in [-0.25, -0.2) is 19.9 Å². The fraction of sp³-hybridized carbons (Fsp3) is 0.400. The lowest BCUT2D eigenvalue weighted by atomic mass is 10.3. The molecule has 1 aliphatic heterocycles. The van der Waals surface area contributed by atoms with Gasteiger partial charge < -0.3 is 4.90 Å². The molecule has 112 valence electrons. The van der Waals surface area contributed by atoms with E-state index in [1.165, 1.54) is 6.33 Å². The first-order chi connectivity index (χ1) is 10.7. The van der Waals surface area contributed by atoms with Gasteiger partial charge in [-0.1, -0.05) is 0 Å².